The predicted molar refractivity (Wildman–Crippen MR) is 83.6 cm³/mol. The highest BCUT2D eigenvalue weighted by molar-refractivity contribution is 9.10. The second-order valence-corrected chi connectivity index (χ2v) is 5.72. The maximum Gasteiger partial charge on any atom is 0.0458 e. The van der Waals surface area contributed by atoms with Gasteiger partial charge in [-0.2, -0.15) is 0 Å². The first-order chi connectivity index (χ1) is 8.60. The number of anilines is 1. The molecule has 0 unspecified atom stereocenters. The van der Waals surface area contributed by atoms with Crippen molar-refractivity contribution in [2.45, 2.75) is 40.2 Å². The molecule has 1 rings (SSSR count). The quantitative estimate of drug-likeness (QED) is 0.761. The summed E-state index contributed by atoms with van der Waals surface area (Å²) in [5, 5.41) is 0. The van der Waals surface area contributed by atoms with Crippen molar-refractivity contribution in [1.29, 1.82) is 0 Å². The SMILES string of the molecule is CCC(CC)CN(CC)Cc1ccc(N)c(Br)c1. The Morgan fingerprint density at radius 3 is 2.39 bits per heavy atom. The fourth-order valence-electron chi connectivity index (χ4n) is 2.14. The van der Waals surface area contributed by atoms with Crippen LogP contribution >= 0.6 is 15.9 Å². The van der Waals surface area contributed by atoms with Crippen molar-refractivity contribution in [3.05, 3.63) is 28.2 Å². The highest BCUT2D eigenvalue weighted by atomic mass is 79.9. The van der Waals surface area contributed by atoms with Crippen LogP contribution in [-0.4, -0.2) is 18.0 Å². The molecule has 0 aliphatic carbocycles. The number of nitrogen functional groups attached to an aromatic ring is 1. The second kappa shape index (κ2) is 7.80. The van der Waals surface area contributed by atoms with Gasteiger partial charge in [-0.25, -0.2) is 0 Å². The minimum atomic E-state index is 0.807. The maximum absolute atomic E-state index is 5.82. The molecule has 0 aromatic heterocycles. The van der Waals surface area contributed by atoms with Crippen LogP contribution in [0.15, 0.2) is 22.7 Å². The molecule has 2 nitrogen and oxygen atoms in total. The Kier molecular flexibility index (Phi) is 6.72. The van der Waals surface area contributed by atoms with Gasteiger partial charge in [0.1, 0.15) is 0 Å². The molecule has 0 bridgehead atoms. The van der Waals surface area contributed by atoms with Crippen LogP contribution in [0.5, 0.6) is 0 Å². The monoisotopic (exact) mass is 312 g/mol. The Hall–Kier alpha value is -0.540. The fraction of sp³-hybridized carbons (Fsp3) is 0.600. The first-order valence-corrected chi connectivity index (χ1v) is 7.66. The van der Waals surface area contributed by atoms with E-state index >= 15 is 0 Å². The Labute approximate surface area is 120 Å². The van der Waals surface area contributed by atoms with Crippen LogP contribution in [0.4, 0.5) is 5.69 Å². The second-order valence-electron chi connectivity index (χ2n) is 4.87. The maximum atomic E-state index is 5.82. The lowest BCUT2D eigenvalue weighted by Gasteiger charge is -2.25. The van der Waals surface area contributed by atoms with Crippen LogP contribution in [-0.2, 0) is 6.54 Å². The molecule has 18 heavy (non-hydrogen) atoms. The highest BCUT2D eigenvalue weighted by Gasteiger charge is 2.10. The number of rotatable bonds is 7. The molecule has 2 N–H and O–H groups in total. The van der Waals surface area contributed by atoms with Gasteiger partial charge in [-0.1, -0.05) is 39.7 Å². The summed E-state index contributed by atoms with van der Waals surface area (Å²) in [6, 6.07) is 6.23. The Morgan fingerprint density at radius 1 is 1.22 bits per heavy atom. The molecule has 0 fully saturated rings. The van der Waals surface area contributed by atoms with E-state index in [-0.39, 0.29) is 0 Å². The molecule has 102 valence electrons. The largest absolute Gasteiger partial charge is 0.398 e. The molecule has 0 saturated heterocycles. The van der Waals surface area contributed by atoms with Crippen molar-refractivity contribution in [2.24, 2.45) is 5.92 Å². The summed E-state index contributed by atoms with van der Waals surface area (Å²) in [4.78, 5) is 2.51. The molecular formula is C15H25BrN2. The number of benzene rings is 1. The lowest BCUT2D eigenvalue weighted by atomic mass is 10.0. The molecule has 0 radical (unpaired) electrons. The van der Waals surface area contributed by atoms with Gasteiger partial charge < -0.3 is 5.73 Å². The summed E-state index contributed by atoms with van der Waals surface area (Å²) in [7, 11) is 0. The molecule has 0 amide bonds. The molecule has 3 heteroatoms. The number of hydrogen-bond acceptors (Lipinski definition) is 2. The number of nitrogens with two attached hydrogens (primary N) is 1. The van der Waals surface area contributed by atoms with Gasteiger partial charge in [0.15, 0.2) is 0 Å². The third kappa shape index (κ3) is 4.62. The van der Waals surface area contributed by atoms with Gasteiger partial charge in [-0.15, -0.1) is 0 Å². The van der Waals surface area contributed by atoms with Gasteiger partial charge >= 0.3 is 0 Å². The topological polar surface area (TPSA) is 29.3 Å². The molecule has 0 aliphatic rings. The molecule has 1 aromatic rings. The summed E-state index contributed by atoms with van der Waals surface area (Å²) < 4.78 is 0.999. The Balaban J connectivity index is 2.64. The van der Waals surface area contributed by atoms with Crippen LogP contribution in [0.25, 0.3) is 0 Å². The van der Waals surface area contributed by atoms with Crippen molar-refractivity contribution in [3.63, 3.8) is 0 Å². The van der Waals surface area contributed by atoms with Crippen LogP contribution < -0.4 is 5.73 Å². The van der Waals surface area contributed by atoms with Crippen LogP contribution in [0.1, 0.15) is 39.2 Å². The van der Waals surface area contributed by atoms with Gasteiger partial charge in [0.25, 0.3) is 0 Å². The summed E-state index contributed by atoms with van der Waals surface area (Å²) in [6.07, 6.45) is 2.52. The zero-order valence-electron chi connectivity index (χ0n) is 11.7. The van der Waals surface area contributed by atoms with Crippen LogP contribution in [0.2, 0.25) is 0 Å². The molecule has 1 aromatic carbocycles. The van der Waals surface area contributed by atoms with Crippen molar-refractivity contribution >= 4 is 21.6 Å². The van der Waals surface area contributed by atoms with E-state index in [0.29, 0.717) is 0 Å². The van der Waals surface area contributed by atoms with E-state index < -0.39 is 0 Å². The standard InChI is InChI=1S/C15H25BrN2/c1-4-12(5-2)10-18(6-3)11-13-7-8-15(17)14(16)9-13/h7-9,12H,4-6,10-11,17H2,1-3H3. The third-order valence-electron chi connectivity index (χ3n) is 3.59. The highest BCUT2D eigenvalue weighted by Crippen LogP contribution is 2.21. The molecule has 0 atom stereocenters. The summed E-state index contributed by atoms with van der Waals surface area (Å²) in [5.41, 5.74) is 7.95. The van der Waals surface area contributed by atoms with E-state index in [2.05, 4.69) is 53.7 Å². The average molecular weight is 313 g/mol. The third-order valence-corrected chi connectivity index (χ3v) is 4.28. The van der Waals surface area contributed by atoms with Crippen molar-refractivity contribution < 1.29 is 0 Å². The van der Waals surface area contributed by atoms with E-state index in [9.17, 15) is 0 Å². The van der Waals surface area contributed by atoms with E-state index in [0.717, 1.165) is 29.2 Å². The molecular weight excluding hydrogens is 288 g/mol. The number of nitrogens with zero attached hydrogens (tertiary/aromatic N) is 1. The average Bonchev–Trinajstić information content (AvgIpc) is 2.38. The Morgan fingerprint density at radius 2 is 1.89 bits per heavy atom. The predicted octanol–water partition coefficient (Wildman–Crippen LogP) is 4.29. The number of hydrogen-bond donors (Lipinski definition) is 1. The lowest BCUT2D eigenvalue weighted by molar-refractivity contribution is 0.226. The summed E-state index contributed by atoms with van der Waals surface area (Å²) in [6.45, 7) is 10.1. The molecule has 0 spiro atoms. The molecule has 0 aliphatic heterocycles. The van der Waals surface area contributed by atoms with Gasteiger partial charge in [0.2, 0.25) is 0 Å². The Bertz CT molecular complexity index is 362. The van der Waals surface area contributed by atoms with Gasteiger partial charge in [-0.05, 0) is 46.1 Å². The van der Waals surface area contributed by atoms with Crippen molar-refractivity contribution in [3.8, 4) is 0 Å². The fourth-order valence-corrected chi connectivity index (χ4v) is 2.57. The number of halogens is 1. The normalized spacial score (nSPS) is 11.4. The van der Waals surface area contributed by atoms with Gasteiger partial charge in [0, 0.05) is 23.2 Å². The van der Waals surface area contributed by atoms with E-state index in [1.54, 1.807) is 0 Å². The minimum Gasteiger partial charge on any atom is -0.398 e. The zero-order chi connectivity index (χ0) is 13.5. The first kappa shape index (κ1) is 15.5. The van der Waals surface area contributed by atoms with Crippen molar-refractivity contribution in [2.75, 3.05) is 18.8 Å². The van der Waals surface area contributed by atoms with Gasteiger partial charge in [-0.3, -0.25) is 4.90 Å². The van der Waals surface area contributed by atoms with Gasteiger partial charge in [0.05, 0.1) is 0 Å². The van der Waals surface area contributed by atoms with E-state index in [1.807, 2.05) is 6.07 Å². The van der Waals surface area contributed by atoms with E-state index in [4.69, 9.17) is 5.73 Å². The summed E-state index contributed by atoms with van der Waals surface area (Å²) in [5.74, 6) is 0.808. The lowest BCUT2D eigenvalue weighted by Crippen LogP contribution is -2.28. The zero-order valence-corrected chi connectivity index (χ0v) is 13.3. The van der Waals surface area contributed by atoms with Crippen LogP contribution in [0, 0.1) is 5.92 Å². The van der Waals surface area contributed by atoms with Crippen molar-refractivity contribution in [1.82, 2.24) is 4.90 Å². The van der Waals surface area contributed by atoms with E-state index in [1.165, 1.54) is 24.9 Å². The first-order valence-electron chi connectivity index (χ1n) is 6.86. The smallest absolute Gasteiger partial charge is 0.0458 e. The minimum absolute atomic E-state index is 0.807. The molecule has 0 heterocycles. The molecule has 0 saturated carbocycles. The summed E-state index contributed by atoms with van der Waals surface area (Å²) >= 11 is 3.49. The van der Waals surface area contributed by atoms with Crippen LogP contribution in [0.3, 0.4) is 0 Å².